The molecule has 0 saturated carbocycles. The molecule has 0 amide bonds. The van der Waals surface area contributed by atoms with Crippen LogP contribution in [0.1, 0.15) is 27.2 Å². The van der Waals surface area contributed by atoms with Gasteiger partial charge in [0.1, 0.15) is 0 Å². The molecule has 0 heterocycles. The Balaban J connectivity index is 0. The topological polar surface area (TPSA) is 12.0 Å². The number of halogens is 2. The average Bonchev–Trinajstić information content (AvgIpc) is 2.48. The normalized spacial score (nSPS) is 20.9. The minimum absolute atomic E-state index is 0. The van der Waals surface area contributed by atoms with Crippen molar-refractivity contribution >= 4 is 30.7 Å². The third kappa shape index (κ3) is 3.71. The molecule has 1 nitrogen and oxygen atoms in total. The van der Waals surface area contributed by atoms with E-state index in [0.717, 1.165) is 6.42 Å². The Morgan fingerprint density at radius 3 is 1.75 bits per heavy atom. The minimum atomic E-state index is -3.99. The van der Waals surface area contributed by atoms with E-state index < -0.39 is 21.2 Å². The van der Waals surface area contributed by atoms with Gasteiger partial charge in [-0.05, 0) is 0 Å². The van der Waals surface area contributed by atoms with Gasteiger partial charge in [-0.25, -0.2) is 0 Å². The Morgan fingerprint density at radius 1 is 1.05 bits per heavy atom. The van der Waals surface area contributed by atoms with E-state index in [0.29, 0.717) is 0 Å². The Labute approximate surface area is 134 Å². The summed E-state index contributed by atoms with van der Waals surface area (Å²) in [6.07, 6.45) is 8.13. The van der Waals surface area contributed by atoms with Gasteiger partial charge >= 0.3 is 110 Å². The van der Waals surface area contributed by atoms with Crippen molar-refractivity contribution < 1.29 is 15.3 Å². The molecule has 1 aliphatic carbocycles. The predicted molar refractivity (Wildman–Crippen MR) is 102 cm³/mol. The molecule has 0 aromatic rings. The maximum atomic E-state index is 4.25. The summed E-state index contributed by atoms with van der Waals surface area (Å²) in [4.78, 5) is 0. The summed E-state index contributed by atoms with van der Waals surface area (Å²) in [5.74, 6) is -0.926. The SMILES string of the molecule is C[SiH](C)[Zr]([CH3])([CH3])([CH3])([CH3])([NH]C(C)(C)C)[C]1=CC=CC1.Cl.Cl. The predicted octanol–water partition coefficient (Wildman–Crippen LogP) is 5.91. The second-order valence-electron chi connectivity index (χ2n) is 11.4. The van der Waals surface area contributed by atoms with Gasteiger partial charge in [-0.15, -0.1) is 24.8 Å². The molecule has 1 aliphatic rings. The van der Waals surface area contributed by atoms with E-state index in [-0.39, 0.29) is 30.4 Å². The van der Waals surface area contributed by atoms with E-state index in [1.54, 1.807) is 3.28 Å². The van der Waals surface area contributed by atoms with Crippen molar-refractivity contribution in [2.45, 2.75) is 64.4 Å². The van der Waals surface area contributed by atoms with Crippen molar-refractivity contribution in [3.05, 3.63) is 21.5 Å². The van der Waals surface area contributed by atoms with Gasteiger partial charge in [0.2, 0.25) is 0 Å². The van der Waals surface area contributed by atoms with E-state index in [1.807, 2.05) is 0 Å². The molecule has 0 spiro atoms. The Hall–Kier alpha value is 1.12. The van der Waals surface area contributed by atoms with Crippen molar-refractivity contribution in [1.82, 2.24) is 3.26 Å². The van der Waals surface area contributed by atoms with Crippen molar-refractivity contribution in [2.75, 3.05) is 0 Å². The Kier molecular flexibility index (Phi) is 5.62. The van der Waals surface area contributed by atoms with Crippen molar-refractivity contribution in [1.29, 1.82) is 0 Å². The number of hydrogen-bond acceptors (Lipinski definition) is 1. The molecule has 0 aromatic carbocycles. The van der Waals surface area contributed by atoms with Crippen LogP contribution in [-0.4, -0.2) is 11.5 Å². The minimum Gasteiger partial charge on any atom is -0.147 e. The fourth-order valence-corrected chi connectivity index (χ4v) is 31.3. The average molecular weight is 421 g/mol. The summed E-state index contributed by atoms with van der Waals surface area (Å²) in [6, 6.07) is 0. The summed E-state index contributed by atoms with van der Waals surface area (Å²) in [7, 11) is 0. The van der Waals surface area contributed by atoms with Gasteiger partial charge < -0.3 is 0 Å². The molecule has 1 rings (SSSR count). The molecule has 0 bridgehead atoms. The van der Waals surface area contributed by atoms with Crippen molar-refractivity contribution in [3.8, 4) is 0 Å². The molecule has 0 saturated heterocycles. The molecule has 0 aromatic heterocycles. The van der Waals surface area contributed by atoms with Crippen LogP contribution in [0.5, 0.6) is 0 Å². The molecule has 5 heteroatoms. The van der Waals surface area contributed by atoms with Crippen molar-refractivity contribution in [3.63, 3.8) is 0 Å². The van der Waals surface area contributed by atoms with Gasteiger partial charge in [-0.1, -0.05) is 0 Å². The van der Waals surface area contributed by atoms with Gasteiger partial charge in [0.25, 0.3) is 0 Å². The third-order valence-corrected chi connectivity index (χ3v) is 71.6. The summed E-state index contributed by atoms with van der Waals surface area (Å²) in [5.41, 5.74) is 0.162. The molecule has 0 radical (unpaired) electrons. The van der Waals surface area contributed by atoms with Gasteiger partial charge in [0.15, 0.2) is 0 Å². The van der Waals surface area contributed by atoms with Crippen LogP contribution in [0.3, 0.4) is 0 Å². The van der Waals surface area contributed by atoms with E-state index in [4.69, 9.17) is 0 Å². The van der Waals surface area contributed by atoms with Crippen LogP contribution in [0.2, 0.25) is 31.6 Å². The van der Waals surface area contributed by atoms with Gasteiger partial charge in [-0.2, -0.15) is 0 Å². The number of nitrogens with one attached hydrogen (secondary N) is 1. The van der Waals surface area contributed by atoms with E-state index in [9.17, 15) is 0 Å². The first-order valence-electron chi connectivity index (χ1n) is 7.41. The first-order valence-corrected chi connectivity index (χ1v) is 26.8. The zero-order valence-electron chi connectivity index (χ0n) is 14.8. The smallest absolute Gasteiger partial charge is 0.147 e. The van der Waals surface area contributed by atoms with Crippen LogP contribution in [0.4, 0.5) is 0 Å². The zero-order valence-corrected chi connectivity index (χ0v) is 20.1. The molecule has 0 atom stereocenters. The molecular weight excluding hydrogens is 384 g/mol. The number of rotatable bonds is 3. The van der Waals surface area contributed by atoms with Crippen molar-refractivity contribution in [2.24, 2.45) is 0 Å². The molecule has 0 aliphatic heterocycles. The molecule has 0 unspecified atom stereocenters. The van der Waals surface area contributed by atoms with Crippen LogP contribution in [0, 0.1) is 0 Å². The van der Waals surface area contributed by atoms with Crippen LogP contribution >= 0.6 is 24.8 Å². The monoisotopic (exact) mass is 418 g/mol. The van der Waals surface area contributed by atoms with E-state index in [2.05, 4.69) is 73.9 Å². The van der Waals surface area contributed by atoms with Gasteiger partial charge in [-0.3, -0.25) is 0 Å². The molecule has 1 N–H and O–H groups in total. The molecule has 123 valence electrons. The largest absolute Gasteiger partial charge is 0.147 e. The summed E-state index contributed by atoms with van der Waals surface area (Å²) < 4.78 is 16.5. The molecule has 20 heavy (non-hydrogen) atoms. The van der Waals surface area contributed by atoms with E-state index >= 15 is 0 Å². The molecule has 0 fully saturated rings. The fraction of sp³-hybridized carbons (Fsp3) is 0.733. The standard InChI is InChI=1S/C5H5.C4H10N.C2H7Si.4CH3.2ClH.Zr/c1-2-4-5-3-1;1-4(2,3)5;1-3-2;;;;;;;/h1-3H,4H2;5H,1-3H3;3H,1-2H3;4*1H3;2*1H;/q;-1;;;;;;;;+1. The summed E-state index contributed by atoms with van der Waals surface area (Å²) in [6.45, 7) is 12.0. The van der Waals surface area contributed by atoms with Crippen LogP contribution in [0.15, 0.2) is 21.5 Å². The number of hydrogen-bond donors (Lipinski definition) is 1. The summed E-state index contributed by atoms with van der Waals surface area (Å²) in [5, 5.41) is 0. The second kappa shape index (κ2) is 4.81. The second-order valence-corrected chi connectivity index (χ2v) is 73.8. The first-order chi connectivity index (χ1) is 7.54. The van der Waals surface area contributed by atoms with Crippen LogP contribution in [0.25, 0.3) is 0 Å². The Bertz CT molecular complexity index is 459. The maximum Gasteiger partial charge on any atom is -0.147 e. The third-order valence-electron chi connectivity index (χ3n) is 6.30. The fourth-order valence-electron chi connectivity index (χ4n) is 3.89. The maximum absolute atomic E-state index is 4.25. The molecular formula is C15H36Cl2NSiZr. The number of allylic oxidation sites excluding steroid dienone is 4. The van der Waals surface area contributed by atoms with Crippen LogP contribution in [-0.2, 0) is 15.3 Å². The Morgan fingerprint density at radius 2 is 1.50 bits per heavy atom. The van der Waals surface area contributed by atoms with E-state index in [1.165, 1.54) is 0 Å². The zero-order chi connectivity index (χ0) is 14.6. The van der Waals surface area contributed by atoms with Gasteiger partial charge in [0.05, 0.1) is 0 Å². The van der Waals surface area contributed by atoms with Crippen LogP contribution < -0.4 is 3.26 Å². The quantitative estimate of drug-likeness (QED) is 0.559. The van der Waals surface area contributed by atoms with Gasteiger partial charge in [0, 0.05) is 0 Å². The summed E-state index contributed by atoms with van der Waals surface area (Å²) >= 11 is -3.99. The first kappa shape index (κ1) is 23.4.